The van der Waals surface area contributed by atoms with Crippen LogP contribution in [0.3, 0.4) is 0 Å². The summed E-state index contributed by atoms with van der Waals surface area (Å²) in [6.45, 7) is 0. The third-order valence-electron chi connectivity index (χ3n) is 3.72. The molecule has 150 valence electrons. The van der Waals surface area contributed by atoms with Gasteiger partial charge in [0.1, 0.15) is 17.1 Å². The molecule has 1 heterocycles. The Bertz CT molecular complexity index is 1100. The Hall–Kier alpha value is -3.17. The number of aromatic nitrogens is 1. The molecule has 0 aliphatic heterocycles. The molecule has 3 N–H and O–H groups in total. The van der Waals surface area contributed by atoms with Crippen molar-refractivity contribution in [1.82, 2.24) is 4.98 Å². The summed E-state index contributed by atoms with van der Waals surface area (Å²) < 4.78 is 38.2. The predicted molar refractivity (Wildman–Crippen MR) is 97.8 cm³/mol. The van der Waals surface area contributed by atoms with Crippen LogP contribution in [0, 0.1) is 11.6 Å². The van der Waals surface area contributed by atoms with Crippen molar-refractivity contribution in [3.8, 4) is 17.0 Å². The maximum atomic E-state index is 14.4. The minimum Gasteiger partial charge on any atom is -0.478 e. The zero-order valence-corrected chi connectivity index (χ0v) is 15.7. The summed E-state index contributed by atoms with van der Waals surface area (Å²) >= 11 is 11.8. The number of oxazole rings is 1. The van der Waals surface area contributed by atoms with E-state index in [1.54, 1.807) is 24.3 Å². The molecule has 0 fully saturated rings. The van der Waals surface area contributed by atoms with Gasteiger partial charge in [-0.15, -0.1) is 0 Å². The molecule has 11 heteroatoms. The molecule has 0 saturated heterocycles. The van der Waals surface area contributed by atoms with Crippen LogP contribution in [-0.2, 0) is 4.79 Å². The number of halogens is 4. The fourth-order valence-corrected chi connectivity index (χ4v) is 2.76. The molecule has 0 spiro atoms. The minimum absolute atomic E-state index is 0.102. The average molecular weight is 443 g/mol. The van der Waals surface area contributed by atoms with E-state index >= 15 is 0 Å². The number of amides is 1. The van der Waals surface area contributed by atoms with E-state index in [0.717, 1.165) is 6.07 Å². The second kappa shape index (κ2) is 8.06. The third kappa shape index (κ3) is 4.15. The number of carboxylic acid groups (broad SMARTS) is 1. The fourth-order valence-electron chi connectivity index (χ4n) is 2.40. The number of nitrogens with zero attached hydrogens (tertiary/aromatic N) is 1. The molecular weight excluding hydrogens is 433 g/mol. The Morgan fingerprint density at radius 3 is 2.38 bits per heavy atom. The Morgan fingerprint density at radius 2 is 1.79 bits per heavy atom. The number of nitrogens with two attached hydrogens (primary N) is 1. The lowest BCUT2D eigenvalue weighted by atomic mass is 10.1. The first kappa shape index (κ1) is 20.6. The van der Waals surface area contributed by atoms with Gasteiger partial charge in [0.25, 0.3) is 12.0 Å². The van der Waals surface area contributed by atoms with Crippen LogP contribution in [0.25, 0.3) is 11.3 Å². The molecule has 1 unspecified atom stereocenters. The highest BCUT2D eigenvalue weighted by Crippen LogP contribution is 2.34. The lowest BCUT2D eigenvalue weighted by Crippen LogP contribution is -2.21. The van der Waals surface area contributed by atoms with Crippen LogP contribution in [0.4, 0.5) is 8.78 Å². The summed E-state index contributed by atoms with van der Waals surface area (Å²) in [6.07, 6.45) is -1.95. The minimum atomic E-state index is -1.95. The molecular formula is C18H10Cl2F2N2O5. The summed E-state index contributed by atoms with van der Waals surface area (Å²) in [6, 6.07) is 7.78. The molecule has 0 aliphatic rings. The van der Waals surface area contributed by atoms with Crippen LogP contribution in [-0.4, -0.2) is 22.0 Å². The van der Waals surface area contributed by atoms with Gasteiger partial charge in [0.05, 0.1) is 0 Å². The first-order chi connectivity index (χ1) is 13.7. The van der Waals surface area contributed by atoms with Crippen molar-refractivity contribution >= 4 is 35.1 Å². The highest BCUT2D eigenvalue weighted by molar-refractivity contribution is 6.31. The van der Waals surface area contributed by atoms with Gasteiger partial charge in [-0.25, -0.2) is 18.6 Å². The van der Waals surface area contributed by atoms with E-state index in [1.165, 1.54) is 0 Å². The first-order valence-electron chi connectivity index (χ1n) is 7.78. The summed E-state index contributed by atoms with van der Waals surface area (Å²) in [5.74, 6) is -6.92. The monoisotopic (exact) mass is 442 g/mol. The predicted octanol–water partition coefficient (Wildman–Crippen LogP) is 4.23. The number of primary amides is 1. The number of hydrogen-bond donors (Lipinski definition) is 2. The number of carbonyl (C=O) groups is 2. The van der Waals surface area contributed by atoms with Gasteiger partial charge in [-0.1, -0.05) is 23.7 Å². The number of ether oxygens (including phenoxy) is 1. The standard InChI is InChI=1S/C18H10Cl2F2N2O5/c19-8-3-1-7(2-4-8)13-15(20)29-17(24-13)14(18(26)27)28-10-6-5-9(21)11(12(10)22)16(23)25/h1-6,14H,(H2,23,25)(H,26,27). The number of aliphatic carboxylic acids is 1. The van der Waals surface area contributed by atoms with Crippen LogP contribution in [0.1, 0.15) is 22.4 Å². The molecule has 0 bridgehead atoms. The summed E-state index contributed by atoms with van der Waals surface area (Å²) in [5, 5.41) is 9.66. The second-order valence-electron chi connectivity index (χ2n) is 5.62. The van der Waals surface area contributed by atoms with Crippen molar-refractivity contribution in [1.29, 1.82) is 0 Å². The van der Waals surface area contributed by atoms with E-state index in [9.17, 15) is 23.5 Å². The lowest BCUT2D eigenvalue weighted by Gasteiger charge is -2.13. The van der Waals surface area contributed by atoms with Gasteiger partial charge in [-0.05, 0) is 35.9 Å². The maximum Gasteiger partial charge on any atom is 0.354 e. The van der Waals surface area contributed by atoms with Gasteiger partial charge in [-0.2, -0.15) is 0 Å². The molecule has 7 nitrogen and oxygen atoms in total. The zero-order chi connectivity index (χ0) is 21.3. The third-order valence-corrected chi connectivity index (χ3v) is 4.22. The van der Waals surface area contributed by atoms with E-state index < -0.39 is 46.8 Å². The number of benzene rings is 2. The van der Waals surface area contributed by atoms with Crippen LogP contribution in [0.2, 0.25) is 10.2 Å². The van der Waals surface area contributed by atoms with Crippen LogP contribution < -0.4 is 10.5 Å². The molecule has 0 aliphatic carbocycles. The highest BCUT2D eigenvalue weighted by atomic mass is 35.5. The Balaban J connectivity index is 1.99. The molecule has 3 aromatic rings. The number of carboxylic acids is 1. The van der Waals surface area contributed by atoms with Crippen molar-refractivity contribution in [2.75, 3.05) is 0 Å². The molecule has 0 saturated carbocycles. The SMILES string of the molecule is NC(=O)c1c(F)ccc(OC(C(=O)O)c2nc(-c3ccc(Cl)cc3)c(Cl)o2)c1F. The Morgan fingerprint density at radius 1 is 1.14 bits per heavy atom. The van der Waals surface area contributed by atoms with Gasteiger partial charge >= 0.3 is 5.97 Å². The number of carbonyl (C=O) groups excluding carboxylic acids is 1. The van der Waals surface area contributed by atoms with E-state index in [1.807, 2.05) is 0 Å². The molecule has 1 aromatic heterocycles. The Labute approximate surface area is 171 Å². The molecule has 0 radical (unpaired) electrons. The van der Waals surface area contributed by atoms with Crippen LogP contribution in [0.5, 0.6) is 5.75 Å². The van der Waals surface area contributed by atoms with Crippen molar-refractivity contribution in [2.24, 2.45) is 5.73 Å². The van der Waals surface area contributed by atoms with Crippen molar-refractivity contribution in [3.05, 3.63) is 69.7 Å². The average Bonchev–Trinajstić information content (AvgIpc) is 3.02. The summed E-state index contributed by atoms with van der Waals surface area (Å²) in [5.41, 5.74) is 4.44. The van der Waals surface area contributed by atoms with Gasteiger partial charge < -0.3 is 20.0 Å². The molecule has 29 heavy (non-hydrogen) atoms. The number of rotatable bonds is 6. The Kier molecular flexibility index (Phi) is 5.71. The van der Waals surface area contributed by atoms with Gasteiger partial charge in [0.15, 0.2) is 11.6 Å². The van der Waals surface area contributed by atoms with E-state index in [0.29, 0.717) is 16.7 Å². The highest BCUT2D eigenvalue weighted by Gasteiger charge is 2.31. The second-order valence-corrected chi connectivity index (χ2v) is 6.40. The molecule has 1 atom stereocenters. The van der Waals surface area contributed by atoms with Crippen LogP contribution >= 0.6 is 23.2 Å². The van der Waals surface area contributed by atoms with Gasteiger partial charge in [0.2, 0.25) is 11.1 Å². The topological polar surface area (TPSA) is 116 Å². The van der Waals surface area contributed by atoms with Gasteiger partial charge in [0, 0.05) is 10.6 Å². The summed E-state index contributed by atoms with van der Waals surface area (Å²) in [7, 11) is 0. The lowest BCUT2D eigenvalue weighted by molar-refractivity contribution is -0.146. The number of hydrogen-bond acceptors (Lipinski definition) is 5. The van der Waals surface area contributed by atoms with Crippen LogP contribution in [0.15, 0.2) is 40.8 Å². The smallest absolute Gasteiger partial charge is 0.354 e. The largest absolute Gasteiger partial charge is 0.478 e. The molecule has 3 rings (SSSR count). The normalized spacial score (nSPS) is 11.9. The molecule has 1 amide bonds. The maximum absolute atomic E-state index is 14.4. The van der Waals surface area contributed by atoms with Crippen molar-refractivity contribution in [3.63, 3.8) is 0 Å². The van der Waals surface area contributed by atoms with E-state index in [-0.39, 0.29) is 10.9 Å². The molecule has 2 aromatic carbocycles. The van der Waals surface area contributed by atoms with Gasteiger partial charge in [-0.3, -0.25) is 4.79 Å². The van der Waals surface area contributed by atoms with Crippen molar-refractivity contribution < 1.29 is 32.6 Å². The van der Waals surface area contributed by atoms with E-state index in [4.69, 9.17) is 38.1 Å². The van der Waals surface area contributed by atoms with E-state index in [2.05, 4.69) is 4.98 Å². The zero-order valence-electron chi connectivity index (χ0n) is 14.2. The quantitative estimate of drug-likeness (QED) is 0.589. The summed E-state index contributed by atoms with van der Waals surface area (Å²) in [4.78, 5) is 26.9. The first-order valence-corrected chi connectivity index (χ1v) is 8.54. The fraction of sp³-hybridized carbons (Fsp3) is 0.0556. The van der Waals surface area contributed by atoms with Crippen molar-refractivity contribution in [2.45, 2.75) is 6.10 Å².